The Morgan fingerprint density at radius 2 is 1.90 bits per heavy atom. The molecule has 0 aliphatic heterocycles. The van der Waals surface area contributed by atoms with Crippen LogP contribution in [-0.2, 0) is 0 Å². The molecule has 6 heteroatoms. The standard InChI is InChI=1S/C14H8BrCl2FO2/c1-20-13-6-10(16)8(5-11(13)17)14(19)7-2-3-9(15)12(18)4-7/h2-6H,1H3. The van der Waals surface area contributed by atoms with E-state index in [4.69, 9.17) is 27.9 Å². The highest BCUT2D eigenvalue weighted by Crippen LogP contribution is 2.32. The first-order chi connectivity index (χ1) is 9.43. The first-order valence-electron chi connectivity index (χ1n) is 5.47. The van der Waals surface area contributed by atoms with Crippen LogP contribution in [0.1, 0.15) is 15.9 Å². The van der Waals surface area contributed by atoms with Gasteiger partial charge in [-0.15, -0.1) is 0 Å². The number of hydrogen-bond acceptors (Lipinski definition) is 2. The largest absolute Gasteiger partial charge is 0.495 e. The van der Waals surface area contributed by atoms with Gasteiger partial charge in [0.15, 0.2) is 5.78 Å². The molecule has 0 spiro atoms. The van der Waals surface area contributed by atoms with Crippen molar-refractivity contribution >= 4 is 44.9 Å². The fourth-order valence-corrected chi connectivity index (χ4v) is 2.38. The lowest BCUT2D eigenvalue weighted by Crippen LogP contribution is -2.03. The van der Waals surface area contributed by atoms with Crippen molar-refractivity contribution in [3.05, 3.63) is 61.8 Å². The zero-order chi connectivity index (χ0) is 14.9. The molecule has 20 heavy (non-hydrogen) atoms. The van der Waals surface area contributed by atoms with Gasteiger partial charge < -0.3 is 4.74 Å². The van der Waals surface area contributed by atoms with Gasteiger partial charge in [-0.2, -0.15) is 0 Å². The third-order valence-electron chi connectivity index (χ3n) is 2.67. The summed E-state index contributed by atoms with van der Waals surface area (Å²) in [5.41, 5.74) is 0.382. The van der Waals surface area contributed by atoms with E-state index in [9.17, 15) is 9.18 Å². The maximum Gasteiger partial charge on any atom is 0.194 e. The molecule has 0 heterocycles. The molecular weight excluding hydrogens is 370 g/mol. The summed E-state index contributed by atoms with van der Waals surface area (Å²) in [5, 5.41) is 0.456. The fourth-order valence-electron chi connectivity index (χ4n) is 1.65. The predicted octanol–water partition coefficient (Wildman–Crippen LogP) is 5.13. The number of ether oxygens (including phenoxy) is 1. The molecule has 0 N–H and O–H groups in total. The second-order valence-electron chi connectivity index (χ2n) is 3.92. The molecule has 2 aromatic carbocycles. The van der Waals surface area contributed by atoms with Crippen molar-refractivity contribution < 1.29 is 13.9 Å². The van der Waals surface area contributed by atoms with E-state index >= 15 is 0 Å². The first-order valence-corrected chi connectivity index (χ1v) is 7.01. The van der Waals surface area contributed by atoms with E-state index in [0.29, 0.717) is 5.75 Å². The Labute approximate surface area is 133 Å². The van der Waals surface area contributed by atoms with E-state index in [1.807, 2.05) is 0 Å². The minimum Gasteiger partial charge on any atom is -0.495 e. The summed E-state index contributed by atoms with van der Waals surface area (Å²) in [6.07, 6.45) is 0. The van der Waals surface area contributed by atoms with Crippen molar-refractivity contribution in [3.63, 3.8) is 0 Å². The number of benzene rings is 2. The van der Waals surface area contributed by atoms with E-state index in [1.54, 1.807) is 0 Å². The number of hydrogen-bond donors (Lipinski definition) is 0. The molecule has 2 rings (SSSR count). The number of methoxy groups -OCH3 is 1. The van der Waals surface area contributed by atoms with E-state index in [1.165, 1.54) is 31.4 Å². The van der Waals surface area contributed by atoms with Crippen LogP contribution in [-0.4, -0.2) is 12.9 Å². The monoisotopic (exact) mass is 376 g/mol. The zero-order valence-corrected chi connectivity index (χ0v) is 13.3. The van der Waals surface area contributed by atoms with Crippen molar-refractivity contribution in [2.24, 2.45) is 0 Å². The summed E-state index contributed by atoms with van der Waals surface area (Å²) in [7, 11) is 1.45. The average molecular weight is 378 g/mol. The molecule has 0 aliphatic carbocycles. The van der Waals surface area contributed by atoms with Crippen molar-refractivity contribution in [2.75, 3.05) is 7.11 Å². The Kier molecular flexibility index (Phi) is 4.68. The van der Waals surface area contributed by atoms with Gasteiger partial charge in [-0.1, -0.05) is 23.2 Å². The van der Waals surface area contributed by atoms with Crippen LogP contribution in [0.4, 0.5) is 4.39 Å². The Bertz CT molecular complexity index is 689. The molecule has 0 saturated heterocycles. The van der Waals surface area contributed by atoms with E-state index in [2.05, 4.69) is 15.9 Å². The van der Waals surface area contributed by atoms with Crippen LogP contribution in [0.15, 0.2) is 34.8 Å². The van der Waals surface area contributed by atoms with Crippen molar-refractivity contribution in [1.82, 2.24) is 0 Å². The van der Waals surface area contributed by atoms with Crippen LogP contribution in [0.2, 0.25) is 10.0 Å². The SMILES string of the molecule is COc1cc(Cl)c(C(=O)c2ccc(Br)c(F)c2)cc1Cl. The van der Waals surface area contributed by atoms with Gasteiger partial charge in [0.05, 0.1) is 21.6 Å². The summed E-state index contributed by atoms with van der Waals surface area (Å²) >= 11 is 15.0. The fraction of sp³-hybridized carbons (Fsp3) is 0.0714. The third-order valence-corrected chi connectivity index (χ3v) is 3.92. The molecule has 0 bridgehead atoms. The molecule has 0 atom stereocenters. The summed E-state index contributed by atoms with van der Waals surface area (Å²) in [4.78, 5) is 12.3. The molecule has 0 amide bonds. The minimum absolute atomic E-state index is 0.189. The Balaban J connectivity index is 2.48. The number of carbonyl (C=O) groups is 1. The highest BCUT2D eigenvalue weighted by Gasteiger charge is 2.17. The van der Waals surface area contributed by atoms with Crippen LogP contribution in [0.25, 0.3) is 0 Å². The lowest BCUT2D eigenvalue weighted by atomic mass is 10.0. The van der Waals surface area contributed by atoms with Crippen LogP contribution in [0.3, 0.4) is 0 Å². The molecule has 0 saturated carbocycles. The third kappa shape index (κ3) is 2.97. The van der Waals surface area contributed by atoms with Gasteiger partial charge in [-0.3, -0.25) is 4.79 Å². The molecule has 0 aliphatic rings. The van der Waals surface area contributed by atoms with Gasteiger partial charge in [0.1, 0.15) is 11.6 Å². The first kappa shape index (κ1) is 15.3. The van der Waals surface area contributed by atoms with Crippen molar-refractivity contribution in [1.29, 1.82) is 0 Å². The van der Waals surface area contributed by atoms with Gasteiger partial charge in [0, 0.05) is 17.2 Å². The normalized spacial score (nSPS) is 10.4. The molecule has 2 nitrogen and oxygen atoms in total. The maximum atomic E-state index is 13.5. The number of rotatable bonds is 3. The van der Waals surface area contributed by atoms with Crippen LogP contribution >= 0.6 is 39.1 Å². The quantitative estimate of drug-likeness (QED) is 0.692. The summed E-state index contributed by atoms with van der Waals surface area (Å²) in [6.45, 7) is 0. The molecule has 0 unspecified atom stereocenters. The summed E-state index contributed by atoms with van der Waals surface area (Å²) < 4.78 is 18.8. The highest BCUT2D eigenvalue weighted by molar-refractivity contribution is 9.10. The molecule has 0 fully saturated rings. The Hall–Kier alpha value is -1.10. The van der Waals surface area contributed by atoms with Gasteiger partial charge in [0.2, 0.25) is 0 Å². The average Bonchev–Trinajstić information content (AvgIpc) is 2.43. The zero-order valence-electron chi connectivity index (χ0n) is 10.2. The summed E-state index contributed by atoms with van der Waals surface area (Å²) in [6, 6.07) is 6.96. The van der Waals surface area contributed by atoms with Gasteiger partial charge in [-0.05, 0) is 40.2 Å². The molecule has 2 aromatic rings. The molecule has 0 aromatic heterocycles. The second-order valence-corrected chi connectivity index (χ2v) is 5.59. The predicted molar refractivity (Wildman–Crippen MR) is 80.5 cm³/mol. The van der Waals surface area contributed by atoms with E-state index < -0.39 is 11.6 Å². The Morgan fingerprint density at radius 3 is 2.50 bits per heavy atom. The van der Waals surface area contributed by atoms with Crippen molar-refractivity contribution in [2.45, 2.75) is 0 Å². The lowest BCUT2D eigenvalue weighted by molar-refractivity contribution is 0.103. The molecule has 0 radical (unpaired) electrons. The van der Waals surface area contributed by atoms with E-state index in [0.717, 1.165) is 6.07 Å². The number of ketones is 1. The maximum absolute atomic E-state index is 13.5. The lowest BCUT2D eigenvalue weighted by Gasteiger charge is -2.08. The van der Waals surface area contributed by atoms with Crippen molar-refractivity contribution in [3.8, 4) is 5.75 Å². The van der Waals surface area contributed by atoms with E-state index in [-0.39, 0.29) is 25.6 Å². The van der Waals surface area contributed by atoms with Crippen LogP contribution < -0.4 is 4.74 Å². The molecular formula is C14H8BrCl2FO2. The second kappa shape index (κ2) is 6.12. The minimum atomic E-state index is -0.522. The smallest absolute Gasteiger partial charge is 0.194 e. The highest BCUT2D eigenvalue weighted by atomic mass is 79.9. The van der Waals surface area contributed by atoms with Gasteiger partial charge >= 0.3 is 0 Å². The topological polar surface area (TPSA) is 26.3 Å². The van der Waals surface area contributed by atoms with Crippen LogP contribution in [0, 0.1) is 5.82 Å². The number of carbonyl (C=O) groups excluding carboxylic acids is 1. The Morgan fingerprint density at radius 1 is 1.20 bits per heavy atom. The van der Waals surface area contributed by atoms with Crippen LogP contribution in [0.5, 0.6) is 5.75 Å². The van der Waals surface area contributed by atoms with Gasteiger partial charge in [-0.25, -0.2) is 4.39 Å². The molecule has 104 valence electrons. The summed E-state index contributed by atoms with van der Waals surface area (Å²) in [5.74, 6) is -0.562. The van der Waals surface area contributed by atoms with Gasteiger partial charge in [0.25, 0.3) is 0 Å². The number of halogens is 4.